The van der Waals surface area contributed by atoms with Crippen LogP contribution in [-0.4, -0.2) is 23.8 Å². The minimum absolute atomic E-state index is 0.0767. The van der Waals surface area contributed by atoms with Gasteiger partial charge in [-0.1, -0.05) is 20.8 Å². The van der Waals surface area contributed by atoms with Gasteiger partial charge in [-0.15, -0.1) is 0 Å². The maximum Gasteiger partial charge on any atom is 0.0613 e. The summed E-state index contributed by atoms with van der Waals surface area (Å²) in [5.74, 6) is 0. The lowest BCUT2D eigenvalue weighted by molar-refractivity contribution is 0.0795. The van der Waals surface area contributed by atoms with Gasteiger partial charge in [-0.3, -0.25) is 0 Å². The van der Waals surface area contributed by atoms with E-state index >= 15 is 0 Å². The van der Waals surface area contributed by atoms with Gasteiger partial charge >= 0.3 is 0 Å². The number of nitrogens with one attached hydrogen (secondary N) is 1. The molecule has 0 aromatic heterocycles. The zero-order valence-corrected chi connectivity index (χ0v) is 8.48. The molecule has 1 aliphatic rings. The maximum atomic E-state index is 9.17. The van der Waals surface area contributed by atoms with Gasteiger partial charge in [0.05, 0.1) is 6.61 Å². The van der Waals surface area contributed by atoms with Crippen LogP contribution < -0.4 is 5.32 Å². The molecule has 0 saturated heterocycles. The van der Waals surface area contributed by atoms with E-state index < -0.39 is 0 Å². The third-order valence-corrected chi connectivity index (χ3v) is 2.61. The van der Waals surface area contributed by atoms with Crippen molar-refractivity contribution in [1.29, 1.82) is 0 Å². The molecule has 1 saturated carbocycles. The topological polar surface area (TPSA) is 32.3 Å². The third-order valence-electron chi connectivity index (χ3n) is 2.61. The van der Waals surface area contributed by atoms with Crippen molar-refractivity contribution < 1.29 is 5.11 Å². The fraction of sp³-hybridized carbons (Fsp3) is 1.00. The van der Waals surface area contributed by atoms with Gasteiger partial charge in [0.15, 0.2) is 0 Å². The van der Waals surface area contributed by atoms with Crippen molar-refractivity contribution in [2.24, 2.45) is 5.41 Å². The van der Waals surface area contributed by atoms with Gasteiger partial charge in [0.2, 0.25) is 0 Å². The molecule has 0 radical (unpaired) electrons. The fourth-order valence-corrected chi connectivity index (χ4v) is 1.45. The summed E-state index contributed by atoms with van der Waals surface area (Å²) in [6.45, 7) is 7.92. The first-order chi connectivity index (χ1) is 5.47. The Bertz CT molecular complexity index is 139. The second-order valence-corrected chi connectivity index (χ2v) is 5.21. The molecule has 0 heterocycles. The summed E-state index contributed by atoms with van der Waals surface area (Å²) in [5.41, 5.74) is 0.394. The minimum atomic E-state index is 0.0767. The summed E-state index contributed by atoms with van der Waals surface area (Å²) in [4.78, 5) is 0. The first-order valence-electron chi connectivity index (χ1n) is 4.83. The van der Waals surface area contributed by atoms with Crippen LogP contribution in [0, 0.1) is 5.41 Å². The van der Waals surface area contributed by atoms with E-state index in [1.807, 2.05) is 0 Å². The van der Waals surface area contributed by atoms with Crippen LogP contribution in [0.4, 0.5) is 0 Å². The van der Waals surface area contributed by atoms with E-state index in [-0.39, 0.29) is 5.54 Å². The van der Waals surface area contributed by atoms with E-state index in [0.717, 1.165) is 19.4 Å². The molecule has 0 aromatic rings. The smallest absolute Gasteiger partial charge is 0.0613 e. The van der Waals surface area contributed by atoms with Gasteiger partial charge in [0, 0.05) is 12.1 Å². The van der Waals surface area contributed by atoms with E-state index in [1.165, 1.54) is 6.42 Å². The van der Waals surface area contributed by atoms with E-state index in [0.29, 0.717) is 12.0 Å². The van der Waals surface area contributed by atoms with Gasteiger partial charge in [0.25, 0.3) is 0 Å². The SMILES string of the molecule is CC(C)(C)CNC1(CO)CCC1. The summed E-state index contributed by atoms with van der Waals surface area (Å²) in [5, 5.41) is 12.6. The predicted octanol–water partition coefficient (Wildman–Crippen LogP) is 1.54. The van der Waals surface area contributed by atoms with Crippen molar-refractivity contribution >= 4 is 0 Å². The van der Waals surface area contributed by atoms with Crippen LogP contribution in [0.25, 0.3) is 0 Å². The molecule has 2 heteroatoms. The zero-order chi connectivity index (χ0) is 9.24. The van der Waals surface area contributed by atoms with Crippen LogP contribution in [-0.2, 0) is 0 Å². The summed E-state index contributed by atoms with van der Waals surface area (Å²) in [7, 11) is 0. The van der Waals surface area contributed by atoms with E-state index in [9.17, 15) is 5.11 Å². The first-order valence-corrected chi connectivity index (χ1v) is 4.83. The van der Waals surface area contributed by atoms with Crippen LogP contribution in [0.3, 0.4) is 0 Å². The van der Waals surface area contributed by atoms with E-state index in [4.69, 9.17) is 0 Å². The summed E-state index contributed by atoms with van der Waals surface area (Å²) in [6, 6.07) is 0. The summed E-state index contributed by atoms with van der Waals surface area (Å²) < 4.78 is 0. The first kappa shape index (κ1) is 10.0. The molecule has 2 nitrogen and oxygen atoms in total. The van der Waals surface area contributed by atoms with Crippen LogP contribution in [0.2, 0.25) is 0 Å². The normalized spacial score (nSPS) is 22.0. The van der Waals surface area contributed by atoms with Crippen molar-refractivity contribution in [3.63, 3.8) is 0 Å². The van der Waals surface area contributed by atoms with Crippen molar-refractivity contribution in [2.75, 3.05) is 13.2 Å². The quantitative estimate of drug-likeness (QED) is 0.675. The molecule has 2 N–H and O–H groups in total. The molecule has 0 bridgehead atoms. The molecule has 0 unspecified atom stereocenters. The van der Waals surface area contributed by atoms with Crippen LogP contribution in [0.1, 0.15) is 40.0 Å². The maximum absolute atomic E-state index is 9.17. The highest BCUT2D eigenvalue weighted by Crippen LogP contribution is 2.31. The Morgan fingerprint density at radius 1 is 1.33 bits per heavy atom. The molecular weight excluding hydrogens is 150 g/mol. The van der Waals surface area contributed by atoms with Gasteiger partial charge in [-0.25, -0.2) is 0 Å². The molecule has 1 rings (SSSR count). The lowest BCUT2D eigenvalue weighted by Crippen LogP contribution is -2.55. The largest absolute Gasteiger partial charge is 0.394 e. The second-order valence-electron chi connectivity index (χ2n) is 5.21. The number of aliphatic hydroxyl groups is 1. The van der Waals surface area contributed by atoms with Crippen LogP contribution in [0.5, 0.6) is 0 Å². The lowest BCUT2D eigenvalue weighted by Gasteiger charge is -2.43. The molecule has 0 amide bonds. The van der Waals surface area contributed by atoms with E-state index in [2.05, 4.69) is 26.1 Å². The van der Waals surface area contributed by atoms with Crippen LogP contribution in [0.15, 0.2) is 0 Å². The molecule has 0 aromatic carbocycles. The van der Waals surface area contributed by atoms with Crippen molar-refractivity contribution in [1.82, 2.24) is 5.32 Å². The van der Waals surface area contributed by atoms with Crippen molar-refractivity contribution in [2.45, 2.75) is 45.6 Å². The highest BCUT2D eigenvalue weighted by molar-refractivity contribution is 4.96. The molecule has 0 atom stereocenters. The second kappa shape index (κ2) is 3.35. The minimum Gasteiger partial charge on any atom is -0.394 e. The average Bonchev–Trinajstić information content (AvgIpc) is 1.84. The zero-order valence-electron chi connectivity index (χ0n) is 8.48. The average molecular weight is 171 g/mol. The molecule has 0 spiro atoms. The Balaban J connectivity index is 2.30. The molecule has 12 heavy (non-hydrogen) atoms. The Morgan fingerprint density at radius 3 is 2.17 bits per heavy atom. The van der Waals surface area contributed by atoms with Gasteiger partial charge in [-0.2, -0.15) is 0 Å². The number of hydrogen-bond acceptors (Lipinski definition) is 2. The highest BCUT2D eigenvalue weighted by atomic mass is 16.3. The lowest BCUT2D eigenvalue weighted by atomic mass is 9.76. The molecule has 1 aliphatic carbocycles. The number of hydrogen-bond donors (Lipinski definition) is 2. The monoisotopic (exact) mass is 171 g/mol. The third kappa shape index (κ3) is 2.46. The van der Waals surface area contributed by atoms with Gasteiger partial charge in [0.1, 0.15) is 0 Å². The Morgan fingerprint density at radius 2 is 1.92 bits per heavy atom. The highest BCUT2D eigenvalue weighted by Gasteiger charge is 2.36. The Labute approximate surface area is 75.4 Å². The fourth-order valence-electron chi connectivity index (χ4n) is 1.45. The molecule has 72 valence electrons. The van der Waals surface area contributed by atoms with Gasteiger partial charge in [-0.05, 0) is 24.7 Å². The Hall–Kier alpha value is -0.0800. The van der Waals surface area contributed by atoms with Gasteiger partial charge < -0.3 is 10.4 Å². The van der Waals surface area contributed by atoms with E-state index in [1.54, 1.807) is 0 Å². The van der Waals surface area contributed by atoms with Crippen LogP contribution >= 0.6 is 0 Å². The molecule has 1 fully saturated rings. The van der Waals surface area contributed by atoms with Crippen molar-refractivity contribution in [3.05, 3.63) is 0 Å². The summed E-state index contributed by atoms with van der Waals surface area (Å²) in [6.07, 6.45) is 3.54. The number of aliphatic hydroxyl groups excluding tert-OH is 1. The molecule has 0 aliphatic heterocycles. The number of rotatable bonds is 3. The summed E-state index contributed by atoms with van der Waals surface area (Å²) >= 11 is 0. The Kier molecular flexibility index (Phi) is 2.79. The molecular formula is C10H21NO. The predicted molar refractivity (Wildman–Crippen MR) is 51.1 cm³/mol. The standard InChI is InChI=1S/C10H21NO/c1-9(2,3)7-11-10(8-12)5-4-6-10/h11-12H,4-8H2,1-3H3. The van der Waals surface area contributed by atoms with Crippen molar-refractivity contribution in [3.8, 4) is 0 Å².